The maximum atomic E-state index is 12.6. The number of hydrogen-bond donors (Lipinski definition) is 2. The van der Waals surface area contributed by atoms with Gasteiger partial charge in [0.15, 0.2) is 5.69 Å². The summed E-state index contributed by atoms with van der Waals surface area (Å²) in [6.07, 6.45) is 3.71. The van der Waals surface area contributed by atoms with Gasteiger partial charge in [-0.2, -0.15) is 5.10 Å². The van der Waals surface area contributed by atoms with Gasteiger partial charge in [0.1, 0.15) is 0 Å². The molecule has 1 aromatic heterocycles. The number of aliphatic carboxylic acids is 1. The van der Waals surface area contributed by atoms with Crippen molar-refractivity contribution in [3.63, 3.8) is 0 Å². The Balaban J connectivity index is 1.84. The lowest BCUT2D eigenvalue weighted by molar-refractivity contribution is -0.150. The molecule has 27 heavy (non-hydrogen) atoms. The number of para-hydroxylation sites is 1. The highest BCUT2D eigenvalue weighted by Crippen LogP contribution is 2.36. The van der Waals surface area contributed by atoms with Gasteiger partial charge in [0, 0.05) is 18.3 Å². The number of benzene rings is 1. The molecule has 0 spiro atoms. The summed E-state index contributed by atoms with van der Waals surface area (Å²) in [7, 11) is 0. The number of carboxylic acid groups (broad SMARTS) is 1. The number of carboxylic acids is 1. The Labute approximate surface area is 157 Å². The highest BCUT2D eigenvalue weighted by atomic mass is 16.4. The van der Waals surface area contributed by atoms with E-state index in [1.165, 1.54) is 10.7 Å². The highest BCUT2D eigenvalue weighted by Gasteiger charge is 2.40. The third-order valence-electron chi connectivity index (χ3n) is 5.17. The van der Waals surface area contributed by atoms with E-state index >= 15 is 0 Å². The molecule has 0 bridgehead atoms. The van der Waals surface area contributed by atoms with Gasteiger partial charge in [-0.25, -0.2) is 4.68 Å². The number of amides is 1. The van der Waals surface area contributed by atoms with Gasteiger partial charge in [0.25, 0.3) is 5.91 Å². The number of rotatable bonds is 5. The Morgan fingerprint density at radius 2 is 1.85 bits per heavy atom. The van der Waals surface area contributed by atoms with Crippen molar-refractivity contribution in [3.8, 4) is 5.69 Å². The Kier molecular flexibility index (Phi) is 5.39. The molecule has 0 radical (unpaired) electrons. The summed E-state index contributed by atoms with van der Waals surface area (Å²) in [4.78, 5) is 36.6. The molecular weight excluding hydrogens is 346 g/mol. The van der Waals surface area contributed by atoms with Gasteiger partial charge in [-0.05, 0) is 31.9 Å². The molecule has 142 valence electrons. The lowest BCUT2D eigenvalue weighted by atomic mass is 9.74. The molecule has 1 fully saturated rings. The molecule has 0 unspecified atom stereocenters. The van der Waals surface area contributed by atoms with Gasteiger partial charge in [-0.15, -0.1) is 0 Å². The molecule has 0 aliphatic heterocycles. The van der Waals surface area contributed by atoms with E-state index in [2.05, 4.69) is 10.4 Å². The van der Waals surface area contributed by atoms with Crippen LogP contribution in [0.2, 0.25) is 0 Å². The zero-order valence-corrected chi connectivity index (χ0v) is 15.3. The van der Waals surface area contributed by atoms with Crippen LogP contribution in [0.25, 0.3) is 5.69 Å². The lowest BCUT2D eigenvalue weighted by Gasteiger charge is -2.33. The number of nitrogens with one attached hydrogen (secondary N) is 1. The molecule has 1 aliphatic carbocycles. The van der Waals surface area contributed by atoms with Crippen molar-refractivity contribution in [2.75, 3.05) is 6.54 Å². The highest BCUT2D eigenvalue weighted by molar-refractivity contribution is 5.92. The Bertz CT molecular complexity index is 899. The second kappa shape index (κ2) is 7.73. The van der Waals surface area contributed by atoms with Crippen molar-refractivity contribution in [2.45, 2.75) is 39.0 Å². The molecule has 1 saturated carbocycles. The van der Waals surface area contributed by atoms with E-state index in [-0.39, 0.29) is 12.2 Å². The van der Waals surface area contributed by atoms with Gasteiger partial charge < -0.3 is 10.4 Å². The molecule has 7 nitrogen and oxygen atoms in total. The van der Waals surface area contributed by atoms with Crippen LogP contribution < -0.4 is 10.7 Å². The molecule has 2 aromatic rings. The van der Waals surface area contributed by atoms with Crippen LogP contribution >= 0.6 is 0 Å². The SMILES string of the molecule is Cc1cc(=O)c(C(=O)NCC2(C(=O)O)CCCCC2)nn1-c1ccccc1. The first kappa shape index (κ1) is 18.8. The smallest absolute Gasteiger partial charge is 0.311 e. The second-order valence-corrected chi connectivity index (χ2v) is 7.07. The van der Waals surface area contributed by atoms with Gasteiger partial charge in [0.2, 0.25) is 5.43 Å². The topological polar surface area (TPSA) is 101 Å². The minimum absolute atomic E-state index is 0.00149. The molecule has 1 aliphatic rings. The van der Waals surface area contributed by atoms with Crippen LogP contribution in [0.5, 0.6) is 0 Å². The van der Waals surface area contributed by atoms with Crippen LogP contribution in [-0.2, 0) is 4.79 Å². The number of aromatic nitrogens is 2. The predicted molar refractivity (Wildman–Crippen MR) is 100 cm³/mol. The molecule has 1 aromatic carbocycles. The average Bonchev–Trinajstić information content (AvgIpc) is 2.67. The van der Waals surface area contributed by atoms with E-state index in [0.717, 1.165) is 24.9 Å². The largest absolute Gasteiger partial charge is 0.481 e. The van der Waals surface area contributed by atoms with Crippen molar-refractivity contribution in [1.82, 2.24) is 15.1 Å². The summed E-state index contributed by atoms with van der Waals surface area (Å²) < 4.78 is 1.53. The van der Waals surface area contributed by atoms with Crippen LogP contribution in [0.15, 0.2) is 41.2 Å². The van der Waals surface area contributed by atoms with Crippen molar-refractivity contribution < 1.29 is 14.7 Å². The van der Waals surface area contributed by atoms with Gasteiger partial charge >= 0.3 is 5.97 Å². The van der Waals surface area contributed by atoms with Gasteiger partial charge in [0.05, 0.1) is 11.1 Å². The van der Waals surface area contributed by atoms with Crippen LogP contribution in [0, 0.1) is 12.3 Å². The van der Waals surface area contributed by atoms with E-state index in [1.807, 2.05) is 30.3 Å². The van der Waals surface area contributed by atoms with Crippen LogP contribution in [-0.4, -0.2) is 33.3 Å². The van der Waals surface area contributed by atoms with Gasteiger partial charge in [-0.1, -0.05) is 37.5 Å². The minimum Gasteiger partial charge on any atom is -0.481 e. The molecule has 1 amide bonds. The standard InChI is InChI=1S/C20H23N3O4/c1-14-12-16(24)17(22-23(14)15-8-4-2-5-9-15)18(25)21-13-20(19(26)27)10-6-3-7-11-20/h2,4-5,8-9,12H,3,6-7,10-11,13H2,1H3,(H,21,25)(H,26,27). The summed E-state index contributed by atoms with van der Waals surface area (Å²) in [5.74, 6) is -1.54. The summed E-state index contributed by atoms with van der Waals surface area (Å²) >= 11 is 0. The number of nitrogens with zero attached hydrogens (tertiary/aromatic N) is 2. The third kappa shape index (κ3) is 3.92. The van der Waals surface area contributed by atoms with E-state index in [4.69, 9.17) is 0 Å². The third-order valence-corrected chi connectivity index (χ3v) is 5.17. The number of hydrogen-bond acceptors (Lipinski definition) is 4. The van der Waals surface area contributed by atoms with Crippen LogP contribution in [0.1, 0.15) is 48.3 Å². The van der Waals surface area contributed by atoms with Crippen LogP contribution in [0.3, 0.4) is 0 Å². The van der Waals surface area contributed by atoms with Crippen molar-refractivity contribution in [1.29, 1.82) is 0 Å². The molecule has 7 heteroatoms. The average molecular weight is 369 g/mol. The summed E-state index contributed by atoms with van der Waals surface area (Å²) in [6.45, 7) is 1.74. The quantitative estimate of drug-likeness (QED) is 0.842. The zero-order chi connectivity index (χ0) is 19.4. The number of aryl methyl sites for hydroxylation is 1. The molecule has 2 N–H and O–H groups in total. The van der Waals surface area contributed by atoms with E-state index in [9.17, 15) is 19.5 Å². The van der Waals surface area contributed by atoms with E-state index < -0.39 is 22.7 Å². The maximum Gasteiger partial charge on any atom is 0.311 e. The molecule has 1 heterocycles. The predicted octanol–water partition coefficient (Wildman–Crippen LogP) is 2.31. The fourth-order valence-corrected chi connectivity index (χ4v) is 3.56. The molecule has 3 rings (SSSR count). The van der Waals surface area contributed by atoms with Crippen molar-refractivity contribution >= 4 is 11.9 Å². The van der Waals surface area contributed by atoms with Crippen molar-refractivity contribution in [2.24, 2.45) is 5.41 Å². The first-order chi connectivity index (χ1) is 12.9. The summed E-state index contributed by atoms with van der Waals surface area (Å²) in [5.41, 5.74) is -0.335. The van der Waals surface area contributed by atoms with E-state index in [1.54, 1.807) is 6.92 Å². The summed E-state index contributed by atoms with van der Waals surface area (Å²) in [6, 6.07) is 10.6. The van der Waals surface area contributed by atoms with E-state index in [0.29, 0.717) is 18.5 Å². The Morgan fingerprint density at radius 1 is 1.19 bits per heavy atom. The molecule has 0 saturated heterocycles. The monoisotopic (exact) mass is 369 g/mol. The first-order valence-electron chi connectivity index (χ1n) is 9.11. The number of carbonyl (C=O) groups excluding carboxylic acids is 1. The molecule has 0 atom stereocenters. The zero-order valence-electron chi connectivity index (χ0n) is 15.3. The normalized spacial score (nSPS) is 15.9. The van der Waals surface area contributed by atoms with Crippen LogP contribution in [0.4, 0.5) is 0 Å². The second-order valence-electron chi connectivity index (χ2n) is 7.07. The Morgan fingerprint density at radius 3 is 2.48 bits per heavy atom. The van der Waals surface area contributed by atoms with Crippen molar-refractivity contribution in [3.05, 3.63) is 58.0 Å². The fourth-order valence-electron chi connectivity index (χ4n) is 3.56. The maximum absolute atomic E-state index is 12.6. The molecular formula is C20H23N3O4. The Hall–Kier alpha value is -2.96. The minimum atomic E-state index is -0.961. The summed E-state index contributed by atoms with van der Waals surface area (Å²) in [5, 5.41) is 16.5. The fraction of sp³-hybridized carbons (Fsp3) is 0.400. The first-order valence-corrected chi connectivity index (χ1v) is 9.11. The lowest BCUT2D eigenvalue weighted by Crippen LogP contribution is -2.45. The number of carbonyl (C=O) groups is 2. The van der Waals surface area contributed by atoms with Gasteiger partial charge in [-0.3, -0.25) is 14.4 Å².